The van der Waals surface area contributed by atoms with E-state index in [0.717, 1.165) is 32.0 Å². The van der Waals surface area contributed by atoms with Crippen LogP contribution in [0.5, 0.6) is 5.75 Å². The normalized spacial score (nSPS) is 18.9. The number of hydrogen-bond donors (Lipinski definition) is 1. The number of aliphatic hydroxyl groups excluding tert-OH is 1. The molecule has 11 heteroatoms. The predicted molar refractivity (Wildman–Crippen MR) is 125 cm³/mol. The van der Waals surface area contributed by atoms with Crippen molar-refractivity contribution in [1.82, 2.24) is 14.2 Å². The summed E-state index contributed by atoms with van der Waals surface area (Å²) in [6.07, 6.45) is 0.793. The lowest BCUT2D eigenvalue weighted by Gasteiger charge is -2.36. The van der Waals surface area contributed by atoms with E-state index >= 15 is 0 Å². The summed E-state index contributed by atoms with van der Waals surface area (Å²) < 4.78 is 37.8. The first-order valence-corrected chi connectivity index (χ1v) is 12.7. The number of β-amino-alcohol motifs (C(OH)–C–C–N with tert-alkyl or cyclic N) is 1. The Bertz CT molecular complexity index is 1070. The van der Waals surface area contributed by atoms with Crippen molar-refractivity contribution in [1.29, 1.82) is 5.26 Å². The number of rotatable bonds is 8. The van der Waals surface area contributed by atoms with Gasteiger partial charge in [-0.2, -0.15) is 9.57 Å². The highest BCUT2D eigenvalue weighted by molar-refractivity contribution is 7.89. The summed E-state index contributed by atoms with van der Waals surface area (Å²) in [6, 6.07) is 12.2. The number of pyridine rings is 1. The Hall–Kier alpha value is -2.75. The van der Waals surface area contributed by atoms with Crippen LogP contribution >= 0.6 is 0 Å². The average molecular weight is 488 g/mol. The van der Waals surface area contributed by atoms with E-state index < -0.39 is 16.1 Å². The van der Waals surface area contributed by atoms with Gasteiger partial charge in [0.2, 0.25) is 10.0 Å². The minimum atomic E-state index is -3.55. The molecule has 1 atom stereocenters. The van der Waals surface area contributed by atoms with E-state index in [-0.39, 0.29) is 11.5 Å². The molecule has 2 aliphatic rings. The second-order valence-electron chi connectivity index (χ2n) is 8.26. The van der Waals surface area contributed by atoms with Crippen molar-refractivity contribution in [2.45, 2.75) is 11.0 Å². The monoisotopic (exact) mass is 487 g/mol. The number of piperazine rings is 1. The molecular formula is C23H29N5O5S. The number of benzene rings is 1. The summed E-state index contributed by atoms with van der Waals surface area (Å²) in [4.78, 5) is 8.88. The van der Waals surface area contributed by atoms with Gasteiger partial charge in [-0.25, -0.2) is 13.4 Å². The molecule has 182 valence electrons. The maximum atomic E-state index is 12.8. The zero-order valence-corrected chi connectivity index (χ0v) is 19.7. The lowest BCUT2D eigenvalue weighted by molar-refractivity contribution is 0.0662. The molecule has 10 nitrogen and oxygen atoms in total. The zero-order chi connectivity index (χ0) is 24.0. The van der Waals surface area contributed by atoms with Gasteiger partial charge in [0, 0.05) is 52.0 Å². The van der Waals surface area contributed by atoms with Gasteiger partial charge in [0.05, 0.1) is 24.8 Å². The number of morpholine rings is 1. The standard InChI is InChI=1S/C23H29N5O5S/c24-15-19-1-3-21(4-2-19)33-18-20(29)17-26-7-9-27(10-8-26)23-6-5-22(16-25-23)34(30,31)28-11-13-32-14-12-28/h1-6,16,20,29H,7-14,17-18H2. The van der Waals surface area contributed by atoms with Crippen LogP contribution in [0, 0.1) is 11.3 Å². The second-order valence-corrected chi connectivity index (χ2v) is 10.2. The Morgan fingerprint density at radius 3 is 2.38 bits per heavy atom. The van der Waals surface area contributed by atoms with Crippen LogP contribution in [-0.4, -0.2) is 99.5 Å². The SMILES string of the molecule is N#Cc1ccc(OCC(O)CN2CCN(c3ccc(S(=O)(=O)N4CCOCC4)cn3)CC2)cc1. The lowest BCUT2D eigenvalue weighted by atomic mass is 10.2. The molecule has 2 fully saturated rings. The highest BCUT2D eigenvalue weighted by Gasteiger charge is 2.27. The van der Waals surface area contributed by atoms with Crippen molar-refractivity contribution in [2.24, 2.45) is 0 Å². The Kier molecular flexibility index (Phi) is 7.97. The van der Waals surface area contributed by atoms with Crippen molar-refractivity contribution in [3.63, 3.8) is 0 Å². The average Bonchev–Trinajstić information content (AvgIpc) is 2.89. The van der Waals surface area contributed by atoms with Crippen molar-refractivity contribution in [3.8, 4) is 11.8 Å². The molecule has 0 saturated carbocycles. The third-order valence-electron chi connectivity index (χ3n) is 5.92. The first-order valence-electron chi connectivity index (χ1n) is 11.3. The minimum Gasteiger partial charge on any atom is -0.491 e. The van der Waals surface area contributed by atoms with Gasteiger partial charge >= 0.3 is 0 Å². The molecule has 0 spiro atoms. The van der Waals surface area contributed by atoms with Crippen LogP contribution in [0.3, 0.4) is 0 Å². The maximum absolute atomic E-state index is 12.8. The van der Waals surface area contributed by atoms with Crippen LogP contribution in [0.2, 0.25) is 0 Å². The van der Waals surface area contributed by atoms with Gasteiger partial charge in [0.25, 0.3) is 0 Å². The van der Waals surface area contributed by atoms with Gasteiger partial charge in [-0.1, -0.05) is 0 Å². The quantitative estimate of drug-likeness (QED) is 0.569. The van der Waals surface area contributed by atoms with E-state index in [0.29, 0.717) is 44.2 Å². The molecule has 1 unspecified atom stereocenters. The van der Waals surface area contributed by atoms with Gasteiger partial charge in [-0.05, 0) is 36.4 Å². The third-order valence-corrected chi connectivity index (χ3v) is 7.80. The van der Waals surface area contributed by atoms with E-state index in [1.54, 1.807) is 36.4 Å². The molecule has 1 N–H and O–H groups in total. The fourth-order valence-electron chi connectivity index (χ4n) is 3.98. The van der Waals surface area contributed by atoms with Crippen LogP contribution in [0.15, 0.2) is 47.5 Å². The van der Waals surface area contributed by atoms with Crippen LogP contribution in [-0.2, 0) is 14.8 Å². The Labute approximate surface area is 200 Å². The number of aliphatic hydroxyl groups is 1. The molecule has 2 saturated heterocycles. The van der Waals surface area contributed by atoms with Crippen LogP contribution in [0.1, 0.15) is 5.56 Å². The fraction of sp³-hybridized carbons (Fsp3) is 0.478. The van der Waals surface area contributed by atoms with E-state index in [1.807, 2.05) is 0 Å². The molecule has 34 heavy (non-hydrogen) atoms. The second kappa shape index (κ2) is 11.1. The van der Waals surface area contributed by atoms with Crippen molar-refractivity contribution in [3.05, 3.63) is 48.2 Å². The molecule has 0 bridgehead atoms. The highest BCUT2D eigenvalue weighted by Crippen LogP contribution is 2.20. The van der Waals surface area contributed by atoms with Crippen LogP contribution in [0.25, 0.3) is 0 Å². The molecule has 0 amide bonds. The largest absolute Gasteiger partial charge is 0.491 e. The summed E-state index contributed by atoms with van der Waals surface area (Å²) in [6.45, 7) is 5.16. The summed E-state index contributed by atoms with van der Waals surface area (Å²) in [7, 11) is -3.55. The van der Waals surface area contributed by atoms with Crippen LogP contribution < -0.4 is 9.64 Å². The molecule has 2 aromatic rings. The van der Waals surface area contributed by atoms with Crippen molar-refractivity contribution in [2.75, 3.05) is 70.5 Å². The van der Waals surface area contributed by atoms with Gasteiger partial charge in [0.15, 0.2) is 0 Å². The number of aromatic nitrogens is 1. The smallest absolute Gasteiger partial charge is 0.244 e. The van der Waals surface area contributed by atoms with E-state index in [2.05, 4.69) is 20.9 Å². The van der Waals surface area contributed by atoms with Gasteiger partial charge in [-0.3, -0.25) is 4.90 Å². The van der Waals surface area contributed by atoms with Gasteiger partial charge in [-0.15, -0.1) is 0 Å². The molecule has 1 aromatic heterocycles. The van der Waals surface area contributed by atoms with Crippen molar-refractivity contribution >= 4 is 15.8 Å². The lowest BCUT2D eigenvalue weighted by Crippen LogP contribution is -2.49. The van der Waals surface area contributed by atoms with Gasteiger partial charge in [0.1, 0.15) is 29.2 Å². The topological polar surface area (TPSA) is 119 Å². The molecule has 3 heterocycles. The Morgan fingerprint density at radius 2 is 1.76 bits per heavy atom. The zero-order valence-electron chi connectivity index (χ0n) is 18.9. The number of nitrogens with zero attached hydrogens (tertiary/aromatic N) is 5. The first kappa shape index (κ1) is 24.4. The summed E-state index contributed by atoms with van der Waals surface area (Å²) in [5.74, 6) is 1.36. The molecular weight excluding hydrogens is 458 g/mol. The van der Waals surface area contributed by atoms with E-state index in [9.17, 15) is 13.5 Å². The number of nitriles is 1. The summed E-state index contributed by atoms with van der Waals surface area (Å²) >= 11 is 0. The highest BCUT2D eigenvalue weighted by atomic mass is 32.2. The van der Waals surface area contributed by atoms with Crippen LogP contribution in [0.4, 0.5) is 5.82 Å². The summed E-state index contributed by atoms with van der Waals surface area (Å²) in [5.41, 5.74) is 0.564. The molecule has 0 radical (unpaired) electrons. The van der Waals surface area contributed by atoms with E-state index in [4.69, 9.17) is 14.7 Å². The number of anilines is 1. The predicted octanol–water partition coefficient (Wildman–Crippen LogP) is 0.536. The fourth-order valence-corrected chi connectivity index (χ4v) is 5.33. The summed E-state index contributed by atoms with van der Waals surface area (Å²) in [5, 5.41) is 19.2. The molecule has 4 rings (SSSR count). The molecule has 0 aliphatic carbocycles. The van der Waals surface area contributed by atoms with E-state index in [1.165, 1.54) is 10.5 Å². The Balaban J connectivity index is 1.23. The third kappa shape index (κ3) is 6.02. The number of sulfonamides is 1. The van der Waals surface area contributed by atoms with Crippen molar-refractivity contribution < 1.29 is 23.0 Å². The maximum Gasteiger partial charge on any atom is 0.244 e. The Morgan fingerprint density at radius 1 is 1.06 bits per heavy atom. The number of hydrogen-bond acceptors (Lipinski definition) is 9. The first-order chi connectivity index (χ1) is 16.5. The molecule has 2 aliphatic heterocycles. The minimum absolute atomic E-state index is 0.173. The number of ether oxygens (including phenoxy) is 2. The van der Waals surface area contributed by atoms with Gasteiger partial charge < -0.3 is 19.5 Å². The molecule has 1 aromatic carbocycles.